The monoisotopic (exact) mass is 215 g/mol. The first-order valence-corrected chi connectivity index (χ1v) is 5.16. The zero-order valence-electron chi connectivity index (χ0n) is 6.76. The van der Waals surface area contributed by atoms with Crippen LogP contribution >= 0.6 is 23.4 Å². The Morgan fingerprint density at radius 2 is 2.31 bits per heavy atom. The number of thioether (sulfide) groups is 1. The van der Waals surface area contributed by atoms with Gasteiger partial charge in [-0.05, 0) is 12.1 Å². The summed E-state index contributed by atoms with van der Waals surface area (Å²) in [4.78, 5) is 0. The zero-order chi connectivity index (χ0) is 9.68. The Labute approximate surface area is 85.5 Å². The quantitative estimate of drug-likeness (QED) is 0.723. The summed E-state index contributed by atoms with van der Waals surface area (Å²) >= 11 is 7.12. The van der Waals surface area contributed by atoms with Gasteiger partial charge in [0.05, 0.1) is 11.8 Å². The molecule has 0 N–H and O–H groups in total. The van der Waals surface area contributed by atoms with E-state index in [0.717, 1.165) is 0 Å². The Bertz CT molecular complexity index is 315. The van der Waals surface area contributed by atoms with Gasteiger partial charge in [0, 0.05) is 16.3 Å². The Balaban J connectivity index is 2.71. The van der Waals surface area contributed by atoms with Crippen LogP contribution in [-0.2, 0) is 5.75 Å². The molecule has 0 aliphatic heterocycles. The van der Waals surface area contributed by atoms with Crippen LogP contribution in [0.3, 0.4) is 0 Å². The Kier molecular flexibility index (Phi) is 4.07. The Hall–Kier alpha value is -0.720. The third kappa shape index (κ3) is 2.91. The summed E-state index contributed by atoms with van der Waals surface area (Å²) in [5.74, 6) is 0.488. The lowest BCUT2D eigenvalue weighted by Crippen LogP contribution is -1.89. The second-order valence-corrected chi connectivity index (χ2v) is 3.74. The molecule has 0 unspecified atom stereocenters. The summed E-state index contributed by atoms with van der Waals surface area (Å²) in [6.07, 6.45) is 0. The van der Waals surface area contributed by atoms with Crippen LogP contribution in [0, 0.1) is 17.1 Å². The average Bonchev–Trinajstić information content (AvgIpc) is 2.10. The van der Waals surface area contributed by atoms with E-state index >= 15 is 0 Å². The third-order valence-electron chi connectivity index (χ3n) is 1.47. The predicted octanol–water partition coefficient (Wildman–Crippen LogP) is 3.24. The summed E-state index contributed by atoms with van der Waals surface area (Å²) in [5, 5.41) is 8.71. The van der Waals surface area contributed by atoms with Gasteiger partial charge in [-0.25, -0.2) is 4.39 Å². The molecule has 0 amide bonds. The van der Waals surface area contributed by atoms with Crippen LogP contribution in [0.1, 0.15) is 5.56 Å². The highest BCUT2D eigenvalue weighted by Crippen LogP contribution is 2.23. The molecule has 0 fully saturated rings. The van der Waals surface area contributed by atoms with E-state index in [4.69, 9.17) is 16.9 Å². The summed E-state index contributed by atoms with van der Waals surface area (Å²) in [6, 6.07) is 6.55. The summed E-state index contributed by atoms with van der Waals surface area (Å²) in [7, 11) is 0. The smallest absolute Gasteiger partial charge is 0.128 e. The molecule has 0 aromatic heterocycles. The maximum absolute atomic E-state index is 13.1. The lowest BCUT2D eigenvalue weighted by atomic mass is 10.2. The molecule has 0 heterocycles. The van der Waals surface area contributed by atoms with E-state index in [0.29, 0.717) is 22.1 Å². The lowest BCUT2D eigenvalue weighted by Gasteiger charge is -2.02. The zero-order valence-corrected chi connectivity index (χ0v) is 8.33. The molecule has 0 spiro atoms. The second-order valence-electron chi connectivity index (χ2n) is 2.35. The number of hydrogen-bond donors (Lipinski definition) is 0. The van der Waals surface area contributed by atoms with Gasteiger partial charge in [0.1, 0.15) is 5.82 Å². The van der Waals surface area contributed by atoms with Crippen molar-refractivity contribution in [2.75, 3.05) is 5.75 Å². The number of rotatable bonds is 3. The molecular weight excluding hydrogens is 209 g/mol. The van der Waals surface area contributed by atoms with E-state index in [2.05, 4.69) is 0 Å². The van der Waals surface area contributed by atoms with Gasteiger partial charge in [-0.15, -0.1) is 11.8 Å². The van der Waals surface area contributed by atoms with Crippen molar-refractivity contribution in [3.63, 3.8) is 0 Å². The van der Waals surface area contributed by atoms with Crippen molar-refractivity contribution in [2.24, 2.45) is 0 Å². The van der Waals surface area contributed by atoms with Crippen molar-refractivity contribution in [2.45, 2.75) is 5.75 Å². The number of nitrogens with zero attached hydrogens (tertiary/aromatic N) is 1. The standard InChI is InChI=1S/C9H7ClFNS/c10-8-2-1-3-9(11)7(8)6-13-5-4-12/h1-3H,5-6H2. The van der Waals surface area contributed by atoms with Crippen molar-refractivity contribution in [3.05, 3.63) is 34.6 Å². The van der Waals surface area contributed by atoms with E-state index in [9.17, 15) is 4.39 Å². The molecular formula is C9H7ClFNS. The van der Waals surface area contributed by atoms with E-state index in [-0.39, 0.29) is 5.82 Å². The molecule has 0 atom stereocenters. The molecule has 0 aliphatic rings. The van der Waals surface area contributed by atoms with Crippen molar-refractivity contribution < 1.29 is 4.39 Å². The van der Waals surface area contributed by atoms with Crippen LogP contribution in [0.15, 0.2) is 18.2 Å². The molecule has 0 saturated heterocycles. The SMILES string of the molecule is N#CCSCc1c(F)cccc1Cl. The van der Waals surface area contributed by atoms with Gasteiger partial charge < -0.3 is 0 Å². The van der Waals surface area contributed by atoms with Crippen molar-refractivity contribution in [1.82, 2.24) is 0 Å². The molecule has 1 aromatic carbocycles. The molecule has 0 radical (unpaired) electrons. The lowest BCUT2D eigenvalue weighted by molar-refractivity contribution is 0.617. The maximum atomic E-state index is 13.1. The minimum absolute atomic E-state index is 0.307. The Morgan fingerprint density at radius 1 is 1.54 bits per heavy atom. The first-order chi connectivity index (χ1) is 6.25. The van der Waals surface area contributed by atoms with Gasteiger partial charge in [0.15, 0.2) is 0 Å². The summed E-state index contributed by atoms with van der Waals surface area (Å²) in [5.41, 5.74) is 0.476. The fraction of sp³-hybridized carbons (Fsp3) is 0.222. The number of halogens is 2. The van der Waals surface area contributed by atoms with Gasteiger partial charge >= 0.3 is 0 Å². The van der Waals surface area contributed by atoms with E-state index in [1.165, 1.54) is 17.8 Å². The van der Waals surface area contributed by atoms with Crippen LogP contribution in [0.25, 0.3) is 0 Å². The molecule has 1 rings (SSSR count). The fourth-order valence-electron chi connectivity index (χ4n) is 0.869. The first kappa shape index (κ1) is 10.4. The molecule has 0 saturated carbocycles. The van der Waals surface area contributed by atoms with E-state index in [1.54, 1.807) is 12.1 Å². The molecule has 0 aliphatic carbocycles. The highest BCUT2D eigenvalue weighted by molar-refractivity contribution is 7.98. The normalized spacial score (nSPS) is 9.62. The van der Waals surface area contributed by atoms with Gasteiger partial charge in [-0.2, -0.15) is 5.26 Å². The van der Waals surface area contributed by atoms with Gasteiger partial charge in [-0.1, -0.05) is 17.7 Å². The van der Waals surface area contributed by atoms with Crippen LogP contribution in [0.5, 0.6) is 0 Å². The van der Waals surface area contributed by atoms with Crippen LogP contribution in [-0.4, -0.2) is 5.75 Å². The molecule has 4 heteroatoms. The molecule has 0 bridgehead atoms. The van der Waals surface area contributed by atoms with Crippen LogP contribution in [0.4, 0.5) is 4.39 Å². The van der Waals surface area contributed by atoms with Gasteiger partial charge in [-0.3, -0.25) is 0 Å². The largest absolute Gasteiger partial charge is 0.207 e. The topological polar surface area (TPSA) is 23.8 Å². The molecule has 68 valence electrons. The third-order valence-corrected chi connectivity index (χ3v) is 2.65. The van der Waals surface area contributed by atoms with E-state index < -0.39 is 0 Å². The summed E-state index contributed by atoms with van der Waals surface area (Å²) in [6.45, 7) is 0. The van der Waals surface area contributed by atoms with Gasteiger partial charge in [0.2, 0.25) is 0 Å². The summed E-state index contributed by atoms with van der Waals surface area (Å²) < 4.78 is 13.1. The second kappa shape index (κ2) is 5.11. The minimum atomic E-state index is -0.307. The predicted molar refractivity (Wildman–Crippen MR) is 53.2 cm³/mol. The molecule has 1 aromatic rings. The highest BCUT2D eigenvalue weighted by atomic mass is 35.5. The molecule has 13 heavy (non-hydrogen) atoms. The number of nitriles is 1. The highest BCUT2D eigenvalue weighted by Gasteiger charge is 2.05. The average molecular weight is 216 g/mol. The van der Waals surface area contributed by atoms with Crippen molar-refractivity contribution in [1.29, 1.82) is 5.26 Å². The number of hydrogen-bond acceptors (Lipinski definition) is 2. The van der Waals surface area contributed by atoms with Crippen molar-refractivity contribution in [3.8, 4) is 6.07 Å². The van der Waals surface area contributed by atoms with Crippen molar-refractivity contribution >= 4 is 23.4 Å². The Morgan fingerprint density at radius 3 is 2.92 bits per heavy atom. The number of benzene rings is 1. The minimum Gasteiger partial charge on any atom is -0.207 e. The maximum Gasteiger partial charge on any atom is 0.128 e. The van der Waals surface area contributed by atoms with Crippen LogP contribution in [0.2, 0.25) is 5.02 Å². The van der Waals surface area contributed by atoms with E-state index in [1.807, 2.05) is 6.07 Å². The molecule has 1 nitrogen and oxygen atoms in total. The first-order valence-electron chi connectivity index (χ1n) is 3.63. The van der Waals surface area contributed by atoms with Gasteiger partial charge in [0.25, 0.3) is 0 Å². The van der Waals surface area contributed by atoms with Crippen LogP contribution < -0.4 is 0 Å². The fourth-order valence-corrected chi connectivity index (χ4v) is 1.87.